The van der Waals surface area contributed by atoms with Crippen molar-refractivity contribution < 1.29 is 14.9 Å². The summed E-state index contributed by atoms with van der Waals surface area (Å²) in [6.45, 7) is 2.95. The molecule has 1 saturated heterocycles. The van der Waals surface area contributed by atoms with Gasteiger partial charge in [0.15, 0.2) is 0 Å². The summed E-state index contributed by atoms with van der Waals surface area (Å²) in [7, 11) is 0. The van der Waals surface area contributed by atoms with E-state index in [4.69, 9.17) is 15.6 Å². The SMILES string of the molecule is C[C@H]1O[CH][C@H](O)[C@H](N)[C@@H]1O.[NaH].[NaH]. The van der Waals surface area contributed by atoms with Gasteiger partial charge in [0.25, 0.3) is 0 Å². The Labute approximate surface area is 116 Å². The number of rotatable bonds is 0. The molecule has 1 heterocycles. The van der Waals surface area contributed by atoms with E-state index in [0.29, 0.717) is 0 Å². The molecule has 0 aromatic carbocycles. The fourth-order valence-corrected chi connectivity index (χ4v) is 0.891. The van der Waals surface area contributed by atoms with E-state index in [2.05, 4.69) is 0 Å². The summed E-state index contributed by atoms with van der Waals surface area (Å²) in [5, 5.41) is 18.2. The molecule has 6 heteroatoms. The summed E-state index contributed by atoms with van der Waals surface area (Å²) in [6.07, 6.45) is -1.95. The Hall–Kier alpha value is 1.84. The van der Waals surface area contributed by atoms with E-state index < -0.39 is 18.2 Å². The van der Waals surface area contributed by atoms with Crippen molar-refractivity contribution in [2.45, 2.75) is 31.3 Å². The molecule has 0 saturated carbocycles. The molecule has 4 atom stereocenters. The van der Waals surface area contributed by atoms with Crippen LogP contribution < -0.4 is 5.73 Å². The summed E-state index contributed by atoms with van der Waals surface area (Å²) in [4.78, 5) is 0. The third-order valence-corrected chi connectivity index (χ3v) is 1.70. The maximum atomic E-state index is 9.19. The van der Waals surface area contributed by atoms with Gasteiger partial charge in [-0.2, -0.15) is 0 Å². The standard InChI is InChI=1S/C6H12NO3.2Na.2H/c1-3-6(9)5(7)4(8)2-10-3;;;;/h2-6,8-9H,7H2,1H3;;;;/t3-,4+,5+,6-;;;;/m1..../s1. The van der Waals surface area contributed by atoms with Crippen molar-refractivity contribution in [3.05, 3.63) is 6.61 Å². The first-order chi connectivity index (χ1) is 4.63. The molecule has 0 spiro atoms. The Balaban J connectivity index is 0. The van der Waals surface area contributed by atoms with Crippen molar-refractivity contribution in [1.29, 1.82) is 0 Å². The van der Waals surface area contributed by atoms with E-state index in [0.717, 1.165) is 0 Å². The van der Waals surface area contributed by atoms with Crippen molar-refractivity contribution in [2.75, 3.05) is 0 Å². The van der Waals surface area contributed by atoms with Gasteiger partial charge in [-0.25, -0.2) is 0 Å². The number of nitrogens with two attached hydrogens (primary N) is 1. The van der Waals surface area contributed by atoms with Gasteiger partial charge in [-0.05, 0) is 6.92 Å². The Morgan fingerprint density at radius 3 is 2.25 bits per heavy atom. The van der Waals surface area contributed by atoms with Crippen LogP contribution in [0.4, 0.5) is 0 Å². The van der Waals surface area contributed by atoms with Gasteiger partial charge in [-0.15, -0.1) is 0 Å². The van der Waals surface area contributed by atoms with Gasteiger partial charge >= 0.3 is 59.1 Å². The number of ether oxygens (including phenoxy) is 1. The van der Waals surface area contributed by atoms with Gasteiger partial charge in [-0.1, -0.05) is 0 Å². The molecule has 0 aliphatic carbocycles. The zero-order chi connectivity index (χ0) is 7.72. The zero-order valence-corrected chi connectivity index (χ0v) is 5.77. The third kappa shape index (κ3) is 3.92. The van der Waals surface area contributed by atoms with E-state index in [1.807, 2.05) is 0 Å². The molecule has 0 unspecified atom stereocenters. The summed E-state index contributed by atoms with van der Waals surface area (Å²) < 4.78 is 4.87. The second-order valence-corrected chi connectivity index (χ2v) is 2.54. The number of aliphatic hydroxyl groups excluding tert-OH is 2. The second kappa shape index (κ2) is 7.17. The summed E-state index contributed by atoms with van der Waals surface area (Å²) in [5.74, 6) is 0. The predicted molar refractivity (Wildman–Crippen MR) is 49.1 cm³/mol. The van der Waals surface area contributed by atoms with E-state index in [1.165, 1.54) is 6.61 Å². The first kappa shape index (κ1) is 16.3. The van der Waals surface area contributed by atoms with Crippen molar-refractivity contribution >= 4 is 59.1 Å². The molecule has 0 amide bonds. The predicted octanol–water partition coefficient (Wildman–Crippen LogP) is -2.68. The quantitative estimate of drug-likeness (QED) is 0.367. The van der Waals surface area contributed by atoms with E-state index in [-0.39, 0.29) is 65.2 Å². The summed E-state index contributed by atoms with van der Waals surface area (Å²) >= 11 is 0. The molecule has 1 rings (SSSR count). The van der Waals surface area contributed by atoms with Gasteiger partial charge in [0.05, 0.1) is 18.2 Å². The van der Waals surface area contributed by atoms with Crippen LogP contribution in [0.25, 0.3) is 0 Å². The van der Waals surface area contributed by atoms with Crippen molar-refractivity contribution in [3.63, 3.8) is 0 Å². The van der Waals surface area contributed by atoms with E-state index >= 15 is 0 Å². The van der Waals surface area contributed by atoms with Crippen LogP contribution in [-0.2, 0) is 4.74 Å². The molecule has 1 aliphatic heterocycles. The van der Waals surface area contributed by atoms with E-state index in [1.54, 1.807) is 6.92 Å². The first-order valence-electron chi connectivity index (χ1n) is 3.23. The minimum absolute atomic E-state index is 0. The molecule has 4 N–H and O–H groups in total. The first-order valence-corrected chi connectivity index (χ1v) is 3.23. The Kier molecular flexibility index (Phi) is 9.73. The van der Waals surface area contributed by atoms with Crippen LogP contribution in [0.3, 0.4) is 0 Å². The Bertz CT molecular complexity index is 113. The molecule has 1 fully saturated rings. The number of hydrogen-bond acceptors (Lipinski definition) is 4. The van der Waals surface area contributed by atoms with Crippen LogP contribution in [-0.4, -0.2) is 93.7 Å². The third-order valence-electron chi connectivity index (χ3n) is 1.70. The van der Waals surface area contributed by atoms with Crippen molar-refractivity contribution in [2.24, 2.45) is 5.73 Å². The summed E-state index contributed by atoms with van der Waals surface area (Å²) in [6, 6.07) is -0.622. The fourth-order valence-electron chi connectivity index (χ4n) is 0.891. The molecule has 0 aromatic rings. The van der Waals surface area contributed by atoms with Crippen LogP contribution in [0.5, 0.6) is 0 Å². The molecule has 1 radical (unpaired) electrons. The maximum absolute atomic E-state index is 9.19. The van der Waals surface area contributed by atoms with E-state index in [9.17, 15) is 5.11 Å². The normalized spacial score (nSPS) is 41.0. The molecule has 0 aromatic heterocycles. The molecule has 63 valence electrons. The fraction of sp³-hybridized carbons (Fsp3) is 0.833. The molecule has 0 bridgehead atoms. The molecule has 4 nitrogen and oxygen atoms in total. The van der Waals surface area contributed by atoms with Gasteiger partial charge in [0.1, 0.15) is 12.7 Å². The van der Waals surface area contributed by atoms with Crippen LogP contribution in [0, 0.1) is 6.61 Å². The Morgan fingerprint density at radius 2 is 1.83 bits per heavy atom. The monoisotopic (exact) mass is 194 g/mol. The van der Waals surface area contributed by atoms with Gasteiger partial charge < -0.3 is 20.7 Å². The number of aliphatic hydroxyl groups is 2. The van der Waals surface area contributed by atoms with Gasteiger partial charge in [-0.3, -0.25) is 0 Å². The number of hydrogen-bond donors (Lipinski definition) is 3. The minimum atomic E-state index is -0.855. The average Bonchev–Trinajstić information content (AvgIpc) is 1.93. The molecular formula is C6H14NNa2O3. The Morgan fingerprint density at radius 1 is 1.33 bits per heavy atom. The average molecular weight is 194 g/mol. The van der Waals surface area contributed by atoms with Gasteiger partial charge in [0, 0.05) is 0 Å². The summed E-state index contributed by atoms with van der Waals surface area (Å²) in [5.41, 5.74) is 5.40. The van der Waals surface area contributed by atoms with Crippen LogP contribution in [0.15, 0.2) is 0 Å². The van der Waals surface area contributed by atoms with Crippen LogP contribution >= 0.6 is 0 Å². The van der Waals surface area contributed by atoms with Crippen LogP contribution in [0.2, 0.25) is 0 Å². The molecular weight excluding hydrogens is 180 g/mol. The second-order valence-electron chi connectivity index (χ2n) is 2.54. The topological polar surface area (TPSA) is 75.7 Å². The zero-order valence-electron chi connectivity index (χ0n) is 5.77. The molecule has 12 heavy (non-hydrogen) atoms. The van der Waals surface area contributed by atoms with Crippen molar-refractivity contribution in [3.8, 4) is 0 Å². The van der Waals surface area contributed by atoms with Crippen molar-refractivity contribution in [1.82, 2.24) is 0 Å². The van der Waals surface area contributed by atoms with Crippen LogP contribution in [0.1, 0.15) is 6.92 Å². The molecule has 1 aliphatic rings. The van der Waals surface area contributed by atoms with Gasteiger partial charge in [0.2, 0.25) is 0 Å².